The van der Waals surface area contributed by atoms with Crippen molar-refractivity contribution in [3.8, 4) is 5.75 Å². The molecule has 1 fully saturated rings. The minimum atomic E-state index is -0.997. The fourth-order valence-electron chi connectivity index (χ4n) is 3.86. The molecule has 0 spiro atoms. The van der Waals surface area contributed by atoms with Crippen LogP contribution in [-0.2, 0) is 11.3 Å². The van der Waals surface area contributed by atoms with Crippen LogP contribution in [0.1, 0.15) is 36.6 Å². The predicted octanol–water partition coefficient (Wildman–Crippen LogP) is 3.33. The predicted molar refractivity (Wildman–Crippen MR) is 118 cm³/mol. The van der Waals surface area contributed by atoms with E-state index in [9.17, 15) is 9.90 Å². The molecule has 8 heteroatoms. The first kappa shape index (κ1) is 22.6. The van der Waals surface area contributed by atoms with Gasteiger partial charge in [-0.05, 0) is 70.3 Å². The van der Waals surface area contributed by atoms with Crippen molar-refractivity contribution >= 4 is 23.2 Å². The van der Waals surface area contributed by atoms with E-state index in [1.807, 2.05) is 50.9 Å². The van der Waals surface area contributed by atoms with Crippen LogP contribution in [0.5, 0.6) is 5.75 Å². The number of ether oxygens (including phenoxy) is 1. The number of hydrogen-bond acceptors (Lipinski definition) is 5. The Morgan fingerprint density at radius 2 is 2.03 bits per heavy atom. The van der Waals surface area contributed by atoms with Gasteiger partial charge < -0.3 is 15.2 Å². The van der Waals surface area contributed by atoms with Crippen LogP contribution < -0.4 is 10.1 Å². The third-order valence-corrected chi connectivity index (χ3v) is 6.06. The Balaban J connectivity index is 1.56. The van der Waals surface area contributed by atoms with Crippen molar-refractivity contribution in [2.24, 2.45) is 0 Å². The van der Waals surface area contributed by atoms with Crippen LogP contribution in [0.2, 0.25) is 5.02 Å². The van der Waals surface area contributed by atoms with E-state index < -0.39 is 5.60 Å². The number of β-amino-alcohol motifs (C(OH)–C–C–N with tert-alkyl or cyclic N) is 1. The lowest BCUT2D eigenvalue weighted by Crippen LogP contribution is -2.53. The number of piperidine rings is 1. The van der Waals surface area contributed by atoms with Gasteiger partial charge in [-0.2, -0.15) is 5.10 Å². The summed E-state index contributed by atoms with van der Waals surface area (Å²) in [5, 5.41) is 19.0. The van der Waals surface area contributed by atoms with Crippen molar-refractivity contribution in [3.05, 3.63) is 40.2 Å². The second-order valence-corrected chi connectivity index (χ2v) is 8.61. The number of carbonyl (C=O) groups is 1. The molecule has 0 saturated carbocycles. The molecule has 0 aliphatic carbocycles. The standard InChI is InChI=1S/C22H31ClN4O3/c1-5-27-11-19(17(4)25-27)24-20(28)12-26-8-6-7-22(29,13-26)14-30-18-9-15(2)21(23)16(3)10-18/h9-11,29H,5-8,12-14H2,1-4H3,(H,24,28). The van der Waals surface area contributed by atoms with Gasteiger partial charge in [-0.25, -0.2) is 0 Å². The molecule has 1 aromatic heterocycles. The number of carbonyl (C=O) groups excluding carboxylic acids is 1. The highest BCUT2D eigenvalue weighted by atomic mass is 35.5. The molecule has 164 valence electrons. The van der Waals surface area contributed by atoms with Gasteiger partial charge in [0.2, 0.25) is 5.91 Å². The average Bonchev–Trinajstić information content (AvgIpc) is 3.04. The lowest BCUT2D eigenvalue weighted by molar-refractivity contribution is -0.119. The molecule has 1 aromatic carbocycles. The molecule has 1 aliphatic rings. The molecule has 30 heavy (non-hydrogen) atoms. The second kappa shape index (κ2) is 9.37. The zero-order chi connectivity index (χ0) is 21.9. The van der Waals surface area contributed by atoms with E-state index in [1.54, 1.807) is 4.68 Å². The smallest absolute Gasteiger partial charge is 0.238 e. The normalized spacial score (nSPS) is 19.7. The Hall–Kier alpha value is -2.09. The molecular weight excluding hydrogens is 404 g/mol. The number of hydrogen-bond donors (Lipinski definition) is 2. The number of rotatable bonds is 7. The van der Waals surface area contributed by atoms with Crippen LogP contribution in [0.25, 0.3) is 0 Å². The molecular formula is C22H31ClN4O3. The van der Waals surface area contributed by atoms with E-state index in [0.717, 1.165) is 47.0 Å². The number of nitrogens with one attached hydrogen (secondary N) is 1. The number of anilines is 1. The lowest BCUT2D eigenvalue weighted by Gasteiger charge is -2.38. The number of nitrogens with zero attached hydrogens (tertiary/aromatic N) is 3. The van der Waals surface area contributed by atoms with E-state index in [2.05, 4.69) is 10.4 Å². The van der Waals surface area contributed by atoms with Gasteiger partial charge in [0.05, 0.1) is 17.9 Å². The number of aryl methyl sites for hydroxylation is 4. The summed E-state index contributed by atoms with van der Waals surface area (Å²) in [6.07, 6.45) is 3.28. The van der Waals surface area contributed by atoms with Crippen molar-refractivity contribution in [1.82, 2.24) is 14.7 Å². The van der Waals surface area contributed by atoms with Crippen LogP contribution in [0.3, 0.4) is 0 Å². The van der Waals surface area contributed by atoms with Gasteiger partial charge in [-0.15, -0.1) is 0 Å². The van der Waals surface area contributed by atoms with Crippen LogP contribution >= 0.6 is 11.6 Å². The monoisotopic (exact) mass is 434 g/mol. The van der Waals surface area contributed by atoms with Crippen molar-refractivity contribution in [2.75, 3.05) is 31.6 Å². The summed E-state index contributed by atoms with van der Waals surface area (Å²) in [6, 6.07) is 3.76. The molecule has 2 N–H and O–H groups in total. The molecule has 2 heterocycles. The first-order chi connectivity index (χ1) is 14.2. The number of aliphatic hydroxyl groups is 1. The van der Waals surface area contributed by atoms with E-state index in [4.69, 9.17) is 16.3 Å². The first-order valence-electron chi connectivity index (χ1n) is 10.4. The maximum atomic E-state index is 12.5. The fraction of sp³-hybridized carbons (Fsp3) is 0.545. The molecule has 1 atom stereocenters. The van der Waals surface area contributed by atoms with Gasteiger partial charge >= 0.3 is 0 Å². The van der Waals surface area contributed by atoms with E-state index >= 15 is 0 Å². The van der Waals surface area contributed by atoms with Crippen LogP contribution in [0, 0.1) is 20.8 Å². The van der Waals surface area contributed by atoms with Crippen LogP contribution in [0.4, 0.5) is 5.69 Å². The van der Waals surface area contributed by atoms with Crippen LogP contribution in [0.15, 0.2) is 18.3 Å². The Bertz CT molecular complexity index is 891. The second-order valence-electron chi connectivity index (χ2n) is 8.23. The van der Waals surface area contributed by atoms with E-state index in [1.165, 1.54) is 0 Å². The molecule has 1 saturated heterocycles. The van der Waals surface area contributed by atoms with Crippen molar-refractivity contribution in [1.29, 1.82) is 0 Å². The highest BCUT2D eigenvalue weighted by Gasteiger charge is 2.35. The molecule has 7 nitrogen and oxygen atoms in total. The van der Waals surface area contributed by atoms with Crippen molar-refractivity contribution < 1.29 is 14.6 Å². The van der Waals surface area contributed by atoms with Gasteiger partial charge in [0, 0.05) is 24.3 Å². The number of likely N-dealkylation sites (tertiary alicyclic amines) is 1. The summed E-state index contributed by atoms with van der Waals surface area (Å²) in [4.78, 5) is 14.5. The number of aromatic nitrogens is 2. The van der Waals surface area contributed by atoms with Gasteiger partial charge in [0.15, 0.2) is 0 Å². The Morgan fingerprint density at radius 1 is 1.33 bits per heavy atom. The third-order valence-electron chi connectivity index (χ3n) is 5.46. The molecule has 0 radical (unpaired) electrons. The van der Waals surface area contributed by atoms with E-state index in [0.29, 0.717) is 18.7 Å². The zero-order valence-corrected chi connectivity index (χ0v) is 18.9. The quantitative estimate of drug-likeness (QED) is 0.698. The van der Waals surface area contributed by atoms with Gasteiger partial charge in [0.25, 0.3) is 0 Å². The summed E-state index contributed by atoms with van der Waals surface area (Å²) in [6.45, 7) is 10.0. The zero-order valence-electron chi connectivity index (χ0n) is 18.2. The molecule has 1 unspecified atom stereocenters. The SMILES string of the molecule is CCn1cc(NC(=O)CN2CCCC(O)(COc3cc(C)c(Cl)c(C)c3)C2)c(C)n1. The molecule has 0 bridgehead atoms. The largest absolute Gasteiger partial charge is 0.491 e. The summed E-state index contributed by atoms with van der Waals surface area (Å²) in [5.74, 6) is 0.587. The number of amides is 1. The van der Waals surface area contributed by atoms with Crippen molar-refractivity contribution in [3.63, 3.8) is 0 Å². The van der Waals surface area contributed by atoms with Gasteiger partial charge in [0.1, 0.15) is 18.0 Å². The van der Waals surface area contributed by atoms with Gasteiger partial charge in [-0.1, -0.05) is 11.6 Å². The minimum Gasteiger partial charge on any atom is -0.491 e. The summed E-state index contributed by atoms with van der Waals surface area (Å²) in [7, 11) is 0. The fourth-order valence-corrected chi connectivity index (χ4v) is 3.97. The van der Waals surface area contributed by atoms with E-state index in [-0.39, 0.29) is 19.1 Å². The highest BCUT2D eigenvalue weighted by molar-refractivity contribution is 6.32. The molecule has 2 aromatic rings. The Labute approximate surface area is 183 Å². The summed E-state index contributed by atoms with van der Waals surface area (Å²) >= 11 is 6.22. The molecule has 3 rings (SSSR count). The molecule has 1 amide bonds. The molecule has 1 aliphatic heterocycles. The highest BCUT2D eigenvalue weighted by Crippen LogP contribution is 2.28. The maximum Gasteiger partial charge on any atom is 0.238 e. The van der Waals surface area contributed by atoms with Crippen molar-refractivity contribution in [2.45, 2.75) is 52.7 Å². The first-order valence-corrected chi connectivity index (χ1v) is 10.7. The van der Waals surface area contributed by atoms with Gasteiger partial charge in [-0.3, -0.25) is 14.4 Å². The topological polar surface area (TPSA) is 79.6 Å². The average molecular weight is 435 g/mol. The number of halogens is 1. The number of benzene rings is 1. The lowest BCUT2D eigenvalue weighted by atomic mass is 9.93. The summed E-state index contributed by atoms with van der Waals surface area (Å²) in [5.41, 5.74) is 2.42. The maximum absolute atomic E-state index is 12.5. The third kappa shape index (κ3) is 5.53. The Kier molecular flexibility index (Phi) is 7.06. The Morgan fingerprint density at radius 3 is 2.67 bits per heavy atom. The minimum absolute atomic E-state index is 0.108. The van der Waals surface area contributed by atoms with Crippen LogP contribution in [-0.4, -0.2) is 57.5 Å². The summed E-state index contributed by atoms with van der Waals surface area (Å²) < 4.78 is 7.69.